The molecule has 106 valence electrons. The summed E-state index contributed by atoms with van der Waals surface area (Å²) in [5.41, 5.74) is 3.41. The summed E-state index contributed by atoms with van der Waals surface area (Å²) >= 11 is 0. The van der Waals surface area contributed by atoms with Crippen LogP contribution < -0.4 is 0 Å². The van der Waals surface area contributed by atoms with E-state index in [2.05, 4.69) is 4.98 Å². The Hall–Kier alpha value is -3.21. The van der Waals surface area contributed by atoms with Gasteiger partial charge in [0.25, 0.3) is 5.69 Å². The normalized spacial score (nSPS) is 11.1. The van der Waals surface area contributed by atoms with Crippen LogP contribution in [0.4, 0.5) is 5.69 Å². The van der Waals surface area contributed by atoms with Crippen LogP contribution in [0, 0.1) is 10.1 Å². The Balaban J connectivity index is 1.95. The second-order valence-corrected chi connectivity index (χ2v) is 5.05. The van der Waals surface area contributed by atoms with Crippen LogP contribution >= 0.6 is 0 Å². The summed E-state index contributed by atoms with van der Waals surface area (Å²) in [5.74, 6) is 0. The van der Waals surface area contributed by atoms with E-state index in [1.54, 1.807) is 12.1 Å². The maximum Gasteiger partial charge on any atom is 0.270 e. The molecule has 0 aliphatic rings. The van der Waals surface area contributed by atoms with E-state index in [4.69, 9.17) is 0 Å². The van der Waals surface area contributed by atoms with Crippen molar-refractivity contribution in [2.24, 2.45) is 0 Å². The van der Waals surface area contributed by atoms with Gasteiger partial charge in [0.1, 0.15) is 5.65 Å². The Morgan fingerprint density at radius 3 is 2.73 bits per heavy atom. The van der Waals surface area contributed by atoms with Crippen molar-refractivity contribution in [3.05, 3.63) is 77.0 Å². The van der Waals surface area contributed by atoms with Crippen LogP contribution in [0.5, 0.6) is 0 Å². The maximum atomic E-state index is 10.9. The highest BCUT2D eigenvalue weighted by Gasteiger charge is 2.10. The average Bonchev–Trinajstić information content (AvgIpc) is 2.99. The molecule has 0 atom stereocenters. The summed E-state index contributed by atoms with van der Waals surface area (Å²) in [7, 11) is 0. The van der Waals surface area contributed by atoms with Gasteiger partial charge in [-0.1, -0.05) is 30.3 Å². The molecule has 0 spiro atoms. The standard InChI is InChI=1S/C17H11N3O2/c21-20(22)14-6-3-5-13(10-14)15-11-19-16-7-2-1-4-12(16)8-9-17(19)18-15/h1-11H. The van der Waals surface area contributed by atoms with E-state index in [1.807, 2.05) is 53.1 Å². The number of non-ortho nitro benzene ring substituents is 1. The zero-order chi connectivity index (χ0) is 15.1. The molecule has 5 heteroatoms. The van der Waals surface area contributed by atoms with Crippen molar-refractivity contribution < 1.29 is 4.92 Å². The quantitative estimate of drug-likeness (QED) is 0.413. The minimum absolute atomic E-state index is 0.0689. The number of hydrogen-bond donors (Lipinski definition) is 0. The Bertz CT molecular complexity index is 1020. The lowest BCUT2D eigenvalue weighted by atomic mass is 10.1. The van der Waals surface area contributed by atoms with E-state index in [0.717, 1.165) is 27.8 Å². The van der Waals surface area contributed by atoms with Crippen molar-refractivity contribution >= 4 is 22.2 Å². The van der Waals surface area contributed by atoms with Crippen molar-refractivity contribution in [3.8, 4) is 11.3 Å². The summed E-state index contributed by atoms with van der Waals surface area (Å²) in [4.78, 5) is 15.1. The first-order valence-corrected chi connectivity index (χ1v) is 6.84. The monoisotopic (exact) mass is 289 g/mol. The van der Waals surface area contributed by atoms with Crippen molar-refractivity contribution in [1.82, 2.24) is 9.38 Å². The molecule has 0 saturated carbocycles. The van der Waals surface area contributed by atoms with Gasteiger partial charge in [0, 0.05) is 23.9 Å². The van der Waals surface area contributed by atoms with E-state index >= 15 is 0 Å². The van der Waals surface area contributed by atoms with E-state index in [1.165, 1.54) is 6.07 Å². The lowest BCUT2D eigenvalue weighted by Crippen LogP contribution is -1.87. The van der Waals surface area contributed by atoms with Crippen LogP contribution in [0.3, 0.4) is 0 Å². The van der Waals surface area contributed by atoms with Crippen molar-refractivity contribution in [2.75, 3.05) is 0 Å². The largest absolute Gasteiger partial charge is 0.299 e. The van der Waals surface area contributed by atoms with Gasteiger partial charge in [-0.3, -0.25) is 14.5 Å². The molecular weight excluding hydrogens is 278 g/mol. The number of rotatable bonds is 2. The molecule has 0 N–H and O–H groups in total. The zero-order valence-electron chi connectivity index (χ0n) is 11.5. The van der Waals surface area contributed by atoms with Crippen LogP contribution in [-0.4, -0.2) is 14.3 Å². The molecule has 2 aromatic heterocycles. The summed E-state index contributed by atoms with van der Waals surface area (Å²) in [6, 6.07) is 18.5. The maximum absolute atomic E-state index is 10.9. The van der Waals surface area contributed by atoms with Gasteiger partial charge in [-0.15, -0.1) is 0 Å². The van der Waals surface area contributed by atoms with E-state index in [0.29, 0.717) is 0 Å². The number of para-hydroxylation sites is 1. The fraction of sp³-hybridized carbons (Fsp3) is 0. The second kappa shape index (κ2) is 4.66. The smallest absolute Gasteiger partial charge is 0.270 e. The fourth-order valence-electron chi connectivity index (χ4n) is 2.64. The highest BCUT2D eigenvalue weighted by atomic mass is 16.6. The van der Waals surface area contributed by atoms with Gasteiger partial charge in [0.15, 0.2) is 0 Å². The zero-order valence-corrected chi connectivity index (χ0v) is 11.5. The number of nitro groups is 1. The lowest BCUT2D eigenvalue weighted by molar-refractivity contribution is -0.384. The fourth-order valence-corrected chi connectivity index (χ4v) is 2.64. The number of hydrogen-bond acceptors (Lipinski definition) is 3. The highest BCUT2D eigenvalue weighted by molar-refractivity contribution is 5.83. The number of aromatic nitrogens is 2. The predicted octanol–water partition coefficient (Wildman–Crippen LogP) is 4.06. The molecule has 0 unspecified atom stereocenters. The van der Waals surface area contributed by atoms with E-state index in [-0.39, 0.29) is 5.69 Å². The molecule has 0 aliphatic heterocycles. The number of fused-ring (bicyclic) bond motifs is 3. The van der Waals surface area contributed by atoms with Crippen molar-refractivity contribution in [2.45, 2.75) is 0 Å². The number of nitrogens with zero attached hydrogens (tertiary/aromatic N) is 3. The summed E-state index contributed by atoms with van der Waals surface area (Å²) in [6.45, 7) is 0. The molecule has 4 rings (SSSR count). The molecule has 4 aromatic rings. The molecule has 22 heavy (non-hydrogen) atoms. The Morgan fingerprint density at radius 1 is 1.00 bits per heavy atom. The summed E-state index contributed by atoms with van der Waals surface area (Å²) in [6.07, 6.45) is 1.91. The molecule has 0 aliphatic carbocycles. The summed E-state index contributed by atoms with van der Waals surface area (Å²) < 4.78 is 2.00. The third kappa shape index (κ3) is 1.91. The van der Waals surface area contributed by atoms with Gasteiger partial charge in [-0.25, -0.2) is 4.98 Å². The van der Waals surface area contributed by atoms with Crippen molar-refractivity contribution in [1.29, 1.82) is 0 Å². The molecular formula is C17H11N3O2. The van der Waals surface area contributed by atoms with Gasteiger partial charge in [-0.2, -0.15) is 0 Å². The Kier molecular flexibility index (Phi) is 2.66. The third-order valence-corrected chi connectivity index (χ3v) is 3.69. The van der Waals surface area contributed by atoms with Crippen LogP contribution in [0.2, 0.25) is 0 Å². The molecule has 2 aromatic carbocycles. The molecule has 2 heterocycles. The molecule has 0 radical (unpaired) electrons. The predicted molar refractivity (Wildman–Crippen MR) is 84.8 cm³/mol. The first-order valence-electron chi connectivity index (χ1n) is 6.84. The number of benzene rings is 2. The second-order valence-electron chi connectivity index (χ2n) is 5.05. The number of pyridine rings is 1. The van der Waals surface area contributed by atoms with Gasteiger partial charge in [0.2, 0.25) is 0 Å². The molecule has 0 bridgehead atoms. The first-order chi connectivity index (χ1) is 10.7. The van der Waals surface area contributed by atoms with Crippen LogP contribution in [0.1, 0.15) is 0 Å². The van der Waals surface area contributed by atoms with Gasteiger partial charge in [0.05, 0.1) is 16.1 Å². The minimum atomic E-state index is -0.394. The molecule has 0 fully saturated rings. The van der Waals surface area contributed by atoms with E-state index < -0.39 is 4.92 Å². The molecule has 0 saturated heterocycles. The third-order valence-electron chi connectivity index (χ3n) is 3.69. The SMILES string of the molecule is O=[N+]([O-])c1cccc(-c2cn3c(ccc4ccccc43)n2)c1. The lowest BCUT2D eigenvalue weighted by Gasteiger charge is -2.00. The Morgan fingerprint density at radius 2 is 1.86 bits per heavy atom. The molecule has 5 nitrogen and oxygen atoms in total. The van der Waals surface area contributed by atoms with Crippen molar-refractivity contribution in [3.63, 3.8) is 0 Å². The molecule has 0 amide bonds. The van der Waals surface area contributed by atoms with E-state index in [9.17, 15) is 10.1 Å². The number of nitro benzene ring substituents is 1. The topological polar surface area (TPSA) is 60.4 Å². The van der Waals surface area contributed by atoms with Gasteiger partial charge < -0.3 is 0 Å². The van der Waals surface area contributed by atoms with Gasteiger partial charge >= 0.3 is 0 Å². The van der Waals surface area contributed by atoms with Crippen LogP contribution in [-0.2, 0) is 0 Å². The first kappa shape index (κ1) is 12.5. The minimum Gasteiger partial charge on any atom is -0.299 e. The number of imidazole rings is 1. The van der Waals surface area contributed by atoms with Crippen LogP contribution in [0.25, 0.3) is 27.8 Å². The summed E-state index contributed by atoms with van der Waals surface area (Å²) in [5, 5.41) is 12.0. The van der Waals surface area contributed by atoms with Crippen LogP contribution in [0.15, 0.2) is 66.9 Å². The Labute approximate surface area is 125 Å². The highest BCUT2D eigenvalue weighted by Crippen LogP contribution is 2.25. The van der Waals surface area contributed by atoms with Gasteiger partial charge in [-0.05, 0) is 23.6 Å². The average molecular weight is 289 g/mol.